The number of ether oxygens (including phenoxy) is 3. The summed E-state index contributed by atoms with van der Waals surface area (Å²) >= 11 is 0.928. The molecule has 0 aliphatic carbocycles. The largest absolute Gasteiger partial charge is 0.497 e. The smallest absolute Gasteiger partial charge is 0.417 e. The number of rotatable bonds is 6. The molecule has 0 amide bonds. The van der Waals surface area contributed by atoms with Crippen molar-refractivity contribution in [2.45, 2.75) is 49.4 Å². The van der Waals surface area contributed by atoms with Gasteiger partial charge in [0.1, 0.15) is 11.2 Å². The van der Waals surface area contributed by atoms with E-state index in [0.29, 0.717) is 11.3 Å². The van der Waals surface area contributed by atoms with Gasteiger partial charge in [-0.25, -0.2) is 0 Å². The van der Waals surface area contributed by atoms with Gasteiger partial charge in [0, 0.05) is 19.9 Å². The first kappa shape index (κ1) is 21.8. The van der Waals surface area contributed by atoms with Crippen molar-refractivity contribution in [3.8, 4) is 5.75 Å². The molecule has 0 aromatic heterocycles. The van der Waals surface area contributed by atoms with Gasteiger partial charge in [0.15, 0.2) is 11.3 Å². The van der Waals surface area contributed by atoms with Gasteiger partial charge in [-0.05, 0) is 17.7 Å². The highest BCUT2D eigenvalue weighted by Crippen LogP contribution is 2.36. The Hall–Kier alpha value is -1.49. The molecule has 1 unspecified atom stereocenters. The monoisotopic (exact) mass is 408 g/mol. The van der Waals surface area contributed by atoms with Gasteiger partial charge >= 0.3 is 6.18 Å². The van der Waals surface area contributed by atoms with Crippen LogP contribution in [0.25, 0.3) is 0 Å². The normalized spacial score (nSPS) is 24.3. The summed E-state index contributed by atoms with van der Waals surface area (Å²) in [5, 5.41) is 20.2. The summed E-state index contributed by atoms with van der Waals surface area (Å²) in [7, 11) is 3.03. The lowest BCUT2D eigenvalue weighted by atomic mass is 10.0. The fourth-order valence-electron chi connectivity index (χ4n) is 2.67. The van der Waals surface area contributed by atoms with Crippen LogP contribution in [-0.4, -0.2) is 54.4 Å². The van der Waals surface area contributed by atoms with Gasteiger partial charge in [-0.1, -0.05) is 23.9 Å². The SMILES string of the molecule is CNC(=N)SC1C[C@@H](O)C[C@@H]([C@@H](OCc2ccc(OC)cc2)C(F)(F)F)O1. The third kappa shape index (κ3) is 6.56. The quantitative estimate of drug-likeness (QED) is 0.496. The zero-order valence-corrected chi connectivity index (χ0v) is 15.8. The van der Waals surface area contributed by atoms with Crippen LogP contribution in [0.1, 0.15) is 18.4 Å². The van der Waals surface area contributed by atoms with E-state index in [2.05, 4.69) is 5.32 Å². The summed E-state index contributed by atoms with van der Waals surface area (Å²) in [6, 6.07) is 6.52. The first-order chi connectivity index (χ1) is 12.7. The maximum Gasteiger partial charge on any atom is 0.417 e. The molecule has 0 saturated carbocycles. The molecule has 6 nitrogen and oxygen atoms in total. The second kappa shape index (κ2) is 9.63. The Morgan fingerprint density at radius 3 is 2.59 bits per heavy atom. The summed E-state index contributed by atoms with van der Waals surface area (Å²) in [4.78, 5) is 0. The molecule has 0 spiro atoms. The maximum atomic E-state index is 13.5. The van der Waals surface area contributed by atoms with E-state index >= 15 is 0 Å². The third-order valence-electron chi connectivity index (χ3n) is 4.02. The van der Waals surface area contributed by atoms with Crippen LogP contribution in [0.2, 0.25) is 0 Å². The number of aliphatic hydroxyl groups excluding tert-OH is 1. The summed E-state index contributed by atoms with van der Waals surface area (Å²) < 4.78 is 56.3. The molecule has 2 rings (SSSR count). The minimum atomic E-state index is -4.65. The van der Waals surface area contributed by atoms with E-state index in [1.807, 2.05) is 0 Å². The van der Waals surface area contributed by atoms with Gasteiger partial charge < -0.3 is 24.6 Å². The van der Waals surface area contributed by atoms with Crippen LogP contribution in [-0.2, 0) is 16.1 Å². The number of halogens is 3. The van der Waals surface area contributed by atoms with Gasteiger partial charge in [0.25, 0.3) is 0 Å². The van der Waals surface area contributed by atoms with Gasteiger partial charge in [-0.2, -0.15) is 13.2 Å². The number of methoxy groups -OCH3 is 1. The van der Waals surface area contributed by atoms with E-state index in [-0.39, 0.29) is 24.6 Å². The van der Waals surface area contributed by atoms with Crippen molar-refractivity contribution in [1.29, 1.82) is 5.41 Å². The summed E-state index contributed by atoms with van der Waals surface area (Å²) in [5.41, 5.74) is -0.197. The highest BCUT2D eigenvalue weighted by atomic mass is 32.2. The number of aliphatic hydroxyl groups is 1. The Labute approximate surface area is 159 Å². The standard InChI is InChI=1S/C17H23F3N2O4S/c1-22-16(21)27-14-8-11(23)7-13(26-14)15(17(18,19)20)25-9-10-3-5-12(24-2)6-4-10/h3-6,11,13-15,23H,7-9H2,1-2H3,(H2,21,22)/t11-,13-,14?,15+/m0/s1. The number of hydrogen-bond acceptors (Lipinski definition) is 6. The summed E-state index contributed by atoms with van der Waals surface area (Å²) in [6.45, 7) is -0.256. The molecule has 4 atom stereocenters. The molecule has 1 saturated heterocycles. The zero-order valence-electron chi connectivity index (χ0n) is 15.0. The van der Waals surface area contributed by atoms with Crippen LogP contribution >= 0.6 is 11.8 Å². The first-order valence-corrected chi connectivity index (χ1v) is 9.18. The van der Waals surface area contributed by atoms with E-state index in [9.17, 15) is 18.3 Å². The summed E-state index contributed by atoms with van der Waals surface area (Å²) in [5.74, 6) is 0.594. The Balaban J connectivity index is 2.06. The van der Waals surface area contributed by atoms with E-state index in [1.54, 1.807) is 24.3 Å². The topological polar surface area (TPSA) is 83.8 Å². The van der Waals surface area contributed by atoms with Crippen LogP contribution < -0.4 is 10.1 Å². The first-order valence-electron chi connectivity index (χ1n) is 8.30. The Bertz CT molecular complexity index is 615. The predicted octanol–water partition coefficient (Wildman–Crippen LogP) is 2.90. The zero-order chi connectivity index (χ0) is 20.0. The van der Waals surface area contributed by atoms with Gasteiger partial charge in [-0.3, -0.25) is 5.41 Å². The molecule has 1 aromatic rings. The highest BCUT2D eigenvalue weighted by molar-refractivity contribution is 8.14. The molecule has 0 radical (unpaired) electrons. The fraction of sp³-hybridized carbons (Fsp3) is 0.588. The Kier molecular flexibility index (Phi) is 7.78. The molecule has 1 aliphatic rings. The number of alkyl halides is 3. The van der Waals surface area contributed by atoms with Crippen LogP contribution in [0, 0.1) is 5.41 Å². The maximum absolute atomic E-state index is 13.5. The van der Waals surface area contributed by atoms with Crippen molar-refractivity contribution >= 4 is 16.9 Å². The van der Waals surface area contributed by atoms with Crippen LogP contribution in [0.4, 0.5) is 13.2 Å². The second-order valence-electron chi connectivity index (χ2n) is 6.05. The number of amidine groups is 1. The van der Waals surface area contributed by atoms with Crippen molar-refractivity contribution < 1.29 is 32.5 Å². The minimum Gasteiger partial charge on any atom is -0.497 e. The lowest BCUT2D eigenvalue weighted by molar-refractivity contribution is -0.266. The van der Waals surface area contributed by atoms with Gasteiger partial charge in [0.2, 0.25) is 0 Å². The molecular formula is C17H23F3N2O4S. The van der Waals surface area contributed by atoms with E-state index < -0.39 is 29.9 Å². The molecule has 10 heteroatoms. The Morgan fingerprint density at radius 1 is 1.37 bits per heavy atom. The molecule has 152 valence electrons. The third-order valence-corrected chi connectivity index (χ3v) is 5.03. The average molecular weight is 408 g/mol. The van der Waals surface area contributed by atoms with Crippen molar-refractivity contribution in [3.63, 3.8) is 0 Å². The van der Waals surface area contributed by atoms with E-state index in [1.165, 1.54) is 14.2 Å². The van der Waals surface area contributed by atoms with Gasteiger partial charge in [-0.15, -0.1) is 0 Å². The fourth-order valence-corrected chi connectivity index (χ4v) is 3.57. The van der Waals surface area contributed by atoms with Crippen LogP contribution in [0.3, 0.4) is 0 Å². The number of thioether (sulfide) groups is 1. The molecule has 1 fully saturated rings. The second-order valence-corrected chi connectivity index (χ2v) is 7.22. The van der Waals surface area contributed by atoms with E-state index in [0.717, 1.165) is 11.8 Å². The lowest BCUT2D eigenvalue weighted by Crippen LogP contribution is -2.49. The van der Waals surface area contributed by atoms with Crippen molar-refractivity contribution in [3.05, 3.63) is 29.8 Å². The highest BCUT2D eigenvalue weighted by Gasteiger charge is 2.49. The van der Waals surface area contributed by atoms with Gasteiger partial charge in [0.05, 0.1) is 25.9 Å². The van der Waals surface area contributed by atoms with Crippen molar-refractivity contribution in [1.82, 2.24) is 5.32 Å². The molecule has 1 aliphatic heterocycles. The van der Waals surface area contributed by atoms with E-state index in [4.69, 9.17) is 19.6 Å². The molecule has 0 bridgehead atoms. The summed E-state index contributed by atoms with van der Waals surface area (Å²) in [6.07, 6.45) is -9.18. The molecule has 27 heavy (non-hydrogen) atoms. The average Bonchev–Trinajstić information content (AvgIpc) is 2.60. The van der Waals surface area contributed by atoms with Crippen molar-refractivity contribution in [2.75, 3.05) is 14.2 Å². The number of benzene rings is 1. The Morgan fingerprint density at radius 2 is 2.04 bits per heavy atom. The lowest BCUT2D eigenvalue weighted by Gasteiger charge is -2.37. The number of nitrogens with one attached hydrogen (secondary N) is 2. The molecule has 1 aromatic carbocycles. The molecule has 3 N–H and O–H groups in total. The van der Waals surface area contributed by atoms with Crippen LogP contribution in [0.15, 0.2) is 24.3 Å². The van der Waals surface area contributed by atoms with Crippen LogP contribution in [0.5, 0.6) is 5.75 Å². The molecular weight excluding hydrogens is 385 g/mol. The van der Waals surface area contributed by atoms with Crippen molar-refractivity contribution in [2.24, 2.45) is 0 Å². The number of hydrogen-bond donors (Lipinski definition) is 3. The molecule has 1 heterocycles. The predicted molar refractivity (Wildman–Crippen MR) is 95.9 cm³/mol. The minimum absolute atomic E-state index is 0.0514.